The van der Waals surface area contributed by atoms with Crippen LogP contribution in [-0.2, 0) is 9.53 Å². The molecule has 0 aliphatic heterocycles. The normalized spacial score (nSPS) is 11.7. The maximum absolute atomic E-state index is 13.7. The number of carbonyl (C=O) groups is 2. The Morgan fingerprint density at radius 2 is 2.07 bits per heavy atom. The van der Waals surface area contributed by atoms with Gasteiger partial charge in [0.1, 0.15) is 5.82 Å². The number of aromatic nitrogens is 1. The highest BCUT2D eigenvalue weighted by Gasteiger charge is 2.19. The Kier molecular flexibility index (Phi) is 7.33. The average Bonchev–Trinajstić information content (AvgIpc) is 2.73. The maximum Gasteiger partial charge on any atom is 0.333 e. The Hall–Kier alpha value is -3.61. The van der Waals surface area contributed by atoms with E-state index >= 15 is 0 Å². The van der Waals surface area contributed by atoms with Crippen molar-refractivity contribution >= 4 is 24.3 Å². The summed E-state index contributed by atoms with van der Waals surface area (Å²) in [4.78, 5) is 33.7. The van der Waals surface area contributed by atoms with Gasteiger partial charge in [0.05, 0.1) is 24.9 Å². The zero-order valence-corrected chi connectivity index (χ0v) is 15.6. The highest BCUT2D eigenvalue weighted by molar-refractivity contribution is 6.06. The Labute approximate surface area is 162 Å². The molecule has 0 aliphatic rings. The number of anilines is 1. The van der Waals surface area contributed by atoms with E-state index < -0.39 is 11.8 Å². The van der Waals surface area contributed by atoms with Gasteiger partial charge in [-0.05, 0) is 50.0 Å². The van der Waals surface area contributed by atoms with Crippen molar-refractivity contribution in [2.24, 2.45) is 4.99 Å². The van der Waals surface area contributed by atoms with Gasteiger partial charge in [0.15, 0.2) is 0 Å². The maximum atomic E-state index is 13.7. The summed E-state index contributed by atoms with van der Waals surface area (Å²) in [5, 5.41) is 0. The van der Waals surface area contributed by atoms with E-state index in [1.54, 1.807) is 37.4 Å². The first-order chi connectivity index (χ1) is 13.5. The molecule has 0 fully saturated rings. The first-order valence-corrected chi connectivity index (χ1v) is 8.36. The van der Waals surface area contributed by atoms with E-state index in [4.69, 9.17) is 0 Å². The van der Waals surface area contributed by atoms with Crippen molar-refractivity contribution in [1.82, 2.24) is 4.98 Å². The van der Waals surface area contributed by atoms with Gasteiger partial charge in [-0.15, -0.1) is 0 Å². The number of benzene rings is 1. The number of allylic oxidation sites excluding steroid dienone is 2. The Bertz CT molecular complexity index is 924. The molecule has 2 aromatic rings. The van der Waals surface area contributed by atoms with Crippen LogP contribution < -0.4 is 4.90 Å². The molecule has 0 aliphatic carbocycles. The zero-order chi connectivity index (χ0) is 20.5. The topological polar surface area (TPSA) is 71.9 Å². The summed E-state index contributed by atoms with van der Waals surface area (Å²) in [6, 6.07) is 8.94. The van der Waals surface area contributed by atoms with Crippen LogP contribution in [0.5, 0.6) is 0 Å². The molecule has 1 amide bonds. The largest absolute Gasteiger partial charge is 0.466 e. The molecule has 0 radical (unpaired) electrons. The van der Waals surface area contributed by atoms with E-state index in [1.807, 2.05) is 0 Å². The second-order valence-corrected chi connectivity index (χ2v) is 5.77. The SMILES string of the molecule is C=N/C(=C\C=C(/C)C(=O)OC)CN(C(=O)c1cccnc1)c1cccc(F)c1. The number of halogens is 1. The number of hydrogen-bond acceptors (Lipinski definition) is 5. The second kappa shape index (κ2) is 9.91. The molecule has 0 N–H and O–H groups in total. The van der Waals surface area contributed by atoms with Crippen LogP contribution >= 0.6 is 0 Å². The van der Waals surface area contributed by atoms with Crippen LogP contribution in [-0.4, -0.2) is 37.2 Å². The van der Waals surface area contributed by atoms with Gasteiger partial charge in [-0.25, -0.2) is 9.18 Å². The second-order valence-electron chi connectivity index (χ2n) is 5.77. The van der Waals surface area contributed by atoms with Crippen LogP contribution in [0.2, 0.25) is 0 Å². The van der Waals surface area contributed by atoms with Gasteiger partial charge in [-0.3, -0.25) is 14.8 Å². The van der Waals surface area contributed by atoms with Crippen molar-refractivity contribution in [3.05, 3.63) is 83.6 Å². The van der Waals surface area contributed by atoms with Gasteiger partial charge in [0.2, 0.25) is 0 Å². The summed E-state index contributed by atoms with van der Waals surface area (Å²) in [6.45, 7) is 5.12. The zero-order valence-electron chi connectivity index (χ0n) is 15.6. The molecule has 1 aromatic heterocycles. The number of amides is 1. The van der Waals surface area contributed by atoms with E-state index in [1.165, 1.54) is 42.5 Å². The highest BCUT2D eigenvalue weighted by atomic mass is 19.1. The minimum Gasteiger partial charge on any atom is -0.466 e. The lowest BCUT2D eigenvalue weighted by molar-refractivity contribution is -0.136. The molecule has 0 bridgehead atoms. The minimum absolute atomic E-state index is 0.0195. The van der Waals surface area contributed by atoms with Gasteiger partial charge >= 0.3 is 5.97 Å². The molecule has 0 unspecified atom stereocenters. The summed E-state index contributed by atoms with van der Waals surface area (Å²) >= 11 is 0. The molecular weight excluding hydrogens is 361 g/mol. The number of aliphatic imine (C=N–C) groups is 1. The third-order valence-electron chi connectivity index (χ3n) is 3.83. The monoisotopic (exact) mass is 381 g/mol. The van der Waals surface area contributed by atoms with Gasteiger partial charge < -0.3 is 9.64 Å². The van der Waals surface area contributed by atoms with Crippen LogP contribution in [0.25, 0.3) is 0 Å². The molecule has 0 spiro atoms. The third kappa shape index (κ3) is 5.44. The molecule has 7 heteroatoms. The van der Waals surface area contributed by atoms with Gasteiger partial charge in [0, 0.05) is 23.7 Å². The number of nitrogens with zero attached hydrogens (tertiary/aromatic N) is 3. The minimum atomic E-state index is -0.479. The van der Waals surface area contributed by atoms with Crippen molar-refractivity contribution in [2.45, 2.75) is 6.92 Å². The lowest BCUT2D eigenvalue weighted by atomic mass is 10.2. The van der Waals surface area contributed by atoms with E-state index in [0.29, 0.717) is 22.5 Å². The van der Waals surface area contributed by atoms with E-state index in [2.05, 4.69) is 21.4 Å². The number of pyridine rings is 1. The van der Waals surface area contributed by atoms with Crippen molar-refractivity contribution in [3.63, 3.8) is 0 Å². The summed E-state index contributed by atoms with van der Waals surface area (Å²) in [5.41, 5.74) is 1.47. The number of methoxy groups -OCH3 is 1. The van der Waals surface area contributed by atoms with Crippen LogP contribution in [0, 0.1) is 5.82 Å². The van der Waals surface area contributed by atoms with Crippen LogP contribution in [0.4, 0.5) is 10.1 Å². The lowest BCUT2D eigenvalue weighted by Crippen LogP contribution is -2.32. The molecule has 1 heterocycles. The molecule has 6 nitrogen and oxygen atoms in total. The van der Waals surface area contributed by atoms with Crippen molar-refractivity contribution in [1.29, 1.82) is 0 Å². The van der Waals surface area contributed by atoms with Crippen molar-refractivity contribution in [2.75, 3.05) is 18.6 Å². The summed E-state index contributed by atoms with van der Waals surface area (Å²) in [7, 11) is 1.29. The fourth-order valence-corrected chi connectivity index (χ4v) is 2.34. The van der Waals surface area contributed by atoms with Gasteiger partial charge in [-0.2, -0.15) is 0 Å². The van der Waals surface area contributed by atoms with Gasteiger partial charge in [0.25, 0.3) is 5.91 Å². The molecule has 0 atom stereocenters. The van der Waals surface area contributed by atoms with Crippen molar-refractivity contribution < 1.29 is 18.7 Å². The smallest absolute Gasteiger partial charge is 0.333 e. The Balaban J connectivity index is 2.40. The molecule has 28 heavy (non-hydrogen) atoms. The molecule has 0 saturated carbocycles. The predicted molar refractivity (Wildman–Crippen MR) is 106 cm³/mol. The Morgan fingerprint density at radius 1 is 1.29 bits per heavy atom. The van der Waals surface area contributed by atoms with E-state index in [-0.39, 0.29) is 12.5 Å². The number of carbonyl (C=O) groups excluding carboxylic acids is 2. The van der Waals surface area contributed by atoms with Gasteiger partial charge in [-0.1, -0.05) is 12.1 Å². The average molecular weight is 381 g/mol. The summed E-state index contributed by atoms with van der Waals surface area (Å²) in [6.07, 6.45) is 6.07. The predicted octanol–water partition coefficient (Wildman–Crippen LogP) is 3.57. The fraction of sp³-hybridized carbons (Fsp3) is 0.143. The third-order valence-corrected chi connectivity index (χ3v) is 3.83. The highest BCUT2D eigenvalue weighted by Crippen LogP contribution is 2.20. The standard InChI is InChI=1S/C21H20FN3O3/c1-15(21(27)28-3)9-10-18(23-2)14-25(19-8-4-7-17(22)12-19)20(26)16-6-5-11-24-13-16/h4-13H,2,14H2,1,3H3/b15-9+,18-10-. The van der Waals surface area contributed by atoms with Crippen LogP contribution in [0.15, 0.2) is 77.2 Å². The first kappa shape index (κ1) is 20.7. The van der Waals surface area contributed by atoms with Crippen LogP contribution in [0.1, 0.15) is 17.3 Å². The summed E-state index contributed by atoms with van der Waals surface area (Å²) in [5.74, 6) is -1.32. The quantitative estimate of drug-likeness (QED) is 0.318. The number of ether oxygens (including phenoxy) is 1. The fourth-order valence-electron chi connectivity index (χ4n) is 2.34. The Morgan fingerprint density at radius 3 is 2.68 bits per heavy atom. The lowest BCUT2D eigenvalue weighted by Gasteiger charge is -2.23. The van der Waals surface area contributed by atoms with Crippen molar-refractivity contribution in [3.8, 4) is 0 Å². The number of rotatable bonds is 7. The summed E-state index contributed by atoms with van der Waals surface area (Å²) < 4.78 is 18.4. The number of esters is 1. The molecule has 2 rings (SSSR count). The van der Waals surface area contributed by atoms with Crippen LogP contribution in [0.3, 0.4) is 0 Å². The molecular formula is C21H20FN3O3. The molecule has 1 aromatic carbocycles. The molecule has 144 valence electrons. The van der Waals surface area contributed by atoms with E-state index in [9.17, 15) is 14.0 Å². The first-order valence-electron chi connectivity index (χ1n) is 8.36. The number of hydrogen-bond donors (Lipinski definition) is 0. The van der Waals surface area contributed by atoms with E-state index in [0.717, 1.165) is 0 Å². The molecule has 0 saturated heterocycles.